The molecule has 1 fully saturated rings. The number of hydrogen-bond acceptors (Lipinski definition) is 9. The van der Waals surface area contributed by atoms with E-state index in [4.69, 9.17) is 4.74 Å². The Morgan fingerprint density at radius 2 is 2.00 bits per heavy atom. The van der Waals surface area contributed by atoms with Crippen LogP contribution in [-0.2, 0) is 25.7 Å². The molecule has 0 spiro atoms. The van der Waals surface area contributed by atoms with Crippen LogP contribution in [0.2, 0.25) is 0 Å². The zero-order valence-corrected chi connectivity index (χ0v) is 18.7. The number of amidine groups is 1. The lowest BCUT2D eigenvalue weighted by Gasteiger charge is -2.34. The Hall–Kier alpha value is -4.00. The number of carbonyl (C=O) groups is 3. The van der Waals surface area contributed by atoms with Crippen LogP contribution in [0, 0.1) is 0 Å². The second-order valence-electron chi connectivity index (χ2n) is 8.34. The number of nitrogens with zero attached hydrogens (tertiary/aromatic N) is 3. The number of fused-ring (bicyclic) bond motifs is 1. The molecule has 35 heavy (non-hydrogen) atoms. The van der Waals surface area contributed by atoms with E-state index < -0.39 is 30.4 Å². The Morgan fingerprint density at radius 1 is 1.23 bits per heavy atom. The normalized spacial score (nSPS) is 22.3. The van der Waals surface area contributed by atoms with Crippen molar-refractivity contribution in [3.63, 3.8) is 0 Å². The monoisotopic (exact) mass is 481 g/mol. The van der Waals surface area contributed by atoms with E-state index >= 15 is 0 Å². The maximum Gasteiger partial charge on any atom is 0.304 e. The molecule has 0 aliphatic carbocycles. The smallest absolute Gasteiger partial charge is 0.304 e. The maximum absolute atomic E-state index is 13.1. The van der Waals surface area contributed by atoms with Crippen LogP contribution in [-0.4, -0.2) is 77.5 Å². The van der Waals surface area contributed by atoms with Crippen LogP contribution in [0.1, 0.15) is 21.5 Å². The van der Waals surface area contributed by atoms with Crippen molar-refractivity contribution in [2.45, 2.75) is 25.2 Å². The molecule has 5 rings (SSSR count). The first-order valence-corrected chi connectivity index (χ1v) is 10.9. The molecule has 0 saturated carbocycles. The standard InChI is InChI=1S/C23H23N5O7/c1-27-11-13-4-7-15(10-16(13)21(27)31)28-8-9-34-18(22(28)32)17(29)20(30)24-14-5-2-12(3-6-14)19-25-23(33)35-26-19/h2-7,10,17-18,23,29,33H,8-9,11H2,1H3,(H,24,30)(H,25,26)/t17-,18-,23?/m1/s1. The molecule has 3 amide bonds. The third kappa shape index (κ3) is 4.30. The van der Waals surface area contributed by atoms with Gasteiger partial charge in [-0.3, -0.25) is 14.4 Å². The summed E-state index contributed by atoms with van der Waals surface area (Å²) in [4.78, 5) is 45.8. The summed E-state index contributed by atoms with van der Waals surface area (Å²) >= 11 is 0. The number of rotatable bonds is 5. The van der Waals surface area contributed by atoms with Crippen LogP contribution in [0.3, 0.4) is 0 Å². The molecular weight excluding hydrogens is 458 g/mol. The minimum absolute atomic E-state index is 0.114. The number of carbonyl (C=O) groups excluding carboxylic acids is 3. The molecule has 12 heteroatoms. The van der Waals surface area contributed by atoms with Gasteiger partial charge < -0.3 is 40.2 Å². The fourth-order valence-corrected chi connectivity index (χ4v) is 4.16. The first-order valence-electron chi connectivity index (χ1n) is 10.9. The summed E-state index contributed by atoms with van der Waals surface area (Å²) in [5.74, 6) is -1.17. The van der Waals surface area contributed by atoms with Gasteiger partial charge in [-0.2, -0.15) is 0 Å². The molecule has 3 aliphatic heterocycles. The fraction of sp³-hybridized carbons (Fsp3) is 0.304. The van der Waals surface area contributed by atoms with Crippen LogP contribution in [0.25, 0.3) is 0 Å². The van der Waals surface area contributed by atoms with Crippen molar-refractivity contribution in [1.29, 1.82) is 0 Å². The molecule has 1 saturated heterocycles. The van der Waals surface area contributed by atoms with Crippen LogP contribution < -0.4 is 15.5 Å². The highest BCUT2D eigenvalue weighted by Gasteiger charge is 2.40. The lowest BCUT2D eigenvalue weighted by molar-refractivity contribution is -0.150. The van der Waals surface area contributed by atoms with Gasteiger partial charge in [0.15, 0.2) is 18.0 Å². The van der Waals surface area contributed by atoms with E-state index in [1.807, 2.05) is 0 Å². The van der Waals surface area contributed by atoms with Crippen molar-refractivity contribution in [3.8, 4) is 0 Å². The number of aliphatic hydroxyl groups excluding tert-OH is 2. The quantitative estimate of drug-likeness (QED) is 0.449. The van der Waals surface area contributed by atoms with Gasteiger partial charge in [0.25, 0.3) is 17.7 Å². The summed E-state index contributed by atoms with van der Waals surface area (Å²) in [6.07, 6.45) is -4.37. The van der Waals surface area contributed by atoms with Crippen molar-refractivity contribution in [2.75, 3.05) is 30.4 Å². The third-order valence-corrected chi connectivity index (χ3v) is 6.00. The Morgan fingerprint density at radius 3 is 2.71 bits per heavy atom. The van der Waals surface area contributed by atoms with Crippen molar-refractivity contribution in [1.82, 2.24) is 10.2 Å². The van der Waals surface area contributed by atoms with E-state index in [9.17, 15) is 24.6 Å². The maximum atomic E-state index is 13.1. The van der Waals surface area contributed by atoms with E-state index in [-0.39, 0.29) is 19.1 Å². The topological polar surface area (TPSA) is 153 Å². The van der Waals surface area contributed by atoms with Crippen LogP contribution >= 0.6 is 0 Å². The number of ether oxygens (including phenoxy) is 1. The minimum Gasteiger partial charge on any atom is -0.380 e. The summed E-state index contributed by atoms with van der Waals surface area (Å²) in [6.45, 7) is 0.849. The van der Waals surface area contributed by atoms with Crippen molar-refractivity contribution < 1.29 is 34.2 Å². The molecule has 3 aliphatic rings. The molecule has 1 unspecified atom stereocenters. The number of amides is 3. The summed E-state index contributed by atoms with van der Waals surface area (Å²) in [6, 6.07) is 11.6. The number of anilines is 2. The number of morpholine rings is 1. The summed E-state index contributed by atoms with van der Waals surface area (Å²) < 4.78 is 5.45. The number of aliphatic hydroxyl groups is 2. The highest BCUT2D eigenvalue weighted by atomic mass is 16.7. The highest BCUT2D eigenvalue weighted by Crippen LogP contribution is 2.28. The molecule has 2 aromatic rings. The summed E-state index contributed by atoms with van der Waals surface area (Å²) in [7, 11) is 1.71. The molecule has 2 aromatic carbocycles. The molecule has 4 N–H and O–H groups in total. The first kappa shape index (κ1) is 22.8. The predicted octanol–water partition coefficient (Wildman–Crippen LogP) is -0.439. The number of benzene rings is 2. The summed E-state index contributed by atoms with van der Waals surface area (Å²) in [5.41, 5.74) is 2.90. The van der Waals surface area contributed by atoms with Gasteiger partial charge in [0.05, 0.1) is 6.61 Å². The Bertz CT molecular complexity index is 1220. The van der Waals surface area contributed by atoms with Crippen molar-refractivity contribution in [2.24, 2.45) is 5.16 Å². The van der Waals surface area contributed by atoms with Gasteiger partial charge in [-0.15, -0.1) is 0 Å². The Balaban J connectivity index is 1.25. The first-order chi connectivity index (χ1) is 16.8. The molecule has 3 atom stereocenters. The van der Waals surface area contributed by atoms with Crippen molar-refractivity contribution in [3.05, 3.63) is 59.2 Å². The second kappa shape index (κ2) is 8.98. The second-order valence-corrected chi connectivity index (χ2v) is 8.34. The lowest BCUT2D eigenvalue weighted by Crippen LogP contribution is -2.55. The Labute approximate surface area is 199 Å². The predicted molar refractivity (Wildman–Crippen MR) is 122 cm³/mol. The molecule has 12 nitrogen and oxygen atoms in total. The van der Waals surface area contributed by atoms with Crippen LogP contribution in [0.5, 0.6) is 0 Å². The van der Waals surface area contributed by atoms with Crippen molar-refractivity contribution >= 4 is 34.9 Å². The van der Waals surface area contributed by atoms with E-state index in [0.717, 1.165) is 5.56 Å². The van der Waals surface area contributed by atoms with Gasteiger partial charge in [0, 0.05) is 42.6 Å². The average Bonchev–Trinajstić information content (AvgIpc) is 3.41. The van der Waals surface area contributed by atoms with Gasteiger partial charge in [-0.25, -0.2) is 0 Å². The van der Waals surface area contributed by atoms with Crippen LogP contribution in [0.4, 0.5) is 11.4 Å². The van der Waals surface area contributed by atoms with E-state index in [1.165, 1.54) is 4.90 Å². The average molecular weight is 481 g/mol. The largest absolute Gasteiger partial charge is 0.380 e. The third-order valence-electron chi connectivity index (χ3n) is 6.00. The Kier molecular flexibility index (Phi) is 5.84. The SMILES string of the molecule is CN1Cc2ccc(N3CCO[C@H]([C@@H](O)C(=O)Nc4ccc(C5=NOC(O)N5)cc4)C3=O)cc2C1=O. The van der Waals surface area contributed by atoms with Crippen LogP contribution in [0.15, 0.2) is 47.6 Å². The van der Waals surface area contributed by atoms with E-state index in [1.54, 1.807) is 54.4 Å². The fourth-order valence-electron chi connectivity index (χ4n) is 4.16. The molecular formula is C23H23N5O7. The lowest BCUT2D eigenvalue weighted by atomic mass is 10.1. The number of hydrogen-bond donors (Lipinski definition) is 4. The number of oxime groups is 1. The molecule has 182 valence electrons. The van der Waals surface area contributed by atoms with Gasteiger partial charge in [0.2, 0.25) is 0 Å². The molecule has 3 heterocycles. The number of nitrogens with one attached hydrogen (secondary N) is 2. The molecule has 0 radical (unpaired) electrons. The van der Waals surface area contributed by atoms with Gasteiger partial charge in [-0.05, 0) is 42.0 Å². The molecule has 0 aromatic heterocycles. The zero-order valence-electron chi connectivity index (χ0n) is 18.7. The molecule has 0 bridgehead atoms. The van der Waals surface area contributed by atoms with E-state index in [0.29, 0.717) is 34.9 Å². The van der Waals surface area contributed by atoms with Gasteiger partial charge in [-0.1, -0.05) is 11.2 Å². The summed E-state index contributed by atoms with van der Waals surface area (Å²) in [5, 5.41) is 28.8. The minimum atomic E-state index is -1.75. The van der Waals surface area contributed by atoms with Gasteiger partial charge in [0.1, 0.15) is 0 Å². The van der Waals surface area contributed by atoms with Gasteiger partial charge >= 0.3 is 6.41 Å². The highest BCUT2D eigenvalue weighted by molar-refractivity contribution is 6.05. The van der Waals surface area contributed by atoms with E-state index in [2.05, 4.69) is 20.6 Å². The zero-order chi connectivity index (χ0) is 24.7.